The van der Waals surface area contributed by atoms with Crippen LogP contribution in [0.3, 0.4) is 0 Å². The number of rotatable bonds is 3. The van der Waals surface area contributed by atoms with E-state index in [0.29, 0.717) is 17.6 Å². The molecule has 3 aromatic heterocycles. The molecule has 0 atom stereocenters. The Morgan fingerprint density at radius 2 is 1.21 bits per heavy atom. The van der Waals surface area contributed by atoms with Gasteiger partial charge in [-0.2, -0.15) is 9.97 Å². The first-order chi connectivity index (χ1) is 16.8. The van der Waals surface area contributed by atoms with Crippen LogP contribution < -0.4 is 0 Å². The van der Waals surface area contributed by atoms with Gasteiger partial charge < -0.3 is 4.42 Å². The second-order valence-electron chi connectivity index (χ2n) is 8.20. The average Bonchev–Trinajstić information content (AvgIpc) is 3.50. The van der Waals surface area contributed by atoms with Gasteiger partial charge in [0.15, 0.2) is 11.6 Å². The van der Waals surface area contributed by atoms with Gasteiger partial charge in [0, 0.05) is 27.3 Å². The molecule has 0 amide bonds. The normalized spacial score (nSPS) is 11.5. The van der Waals surface area contributed by atoms with Crippen molar-refractivity contribution in [2.45, 2.75) is 0 Å². The molecule has 0 aliphatic rings. The molecule has 0 fully saturated rings. The van der Waals surface area contributed by atoms with Crippen molar-refractivity contribution in [1.82, 2.24) is 19.5 Å². The Balaban J connectivity index is 1.59. The molecule has 160 valence electrons. The quantitative estimate of drug-likeness (QED) is 0.297. The molecule has 5 heteroatoms. The zero-order chi connectivity index (χ0) is 22.5. The minimum atomic E-state index is 0.585. The van der Waals surface area contributed by atoms with Gasteiger partial charge in [0.2, 0.25) is 5.95 Å². The molecular weight excluding hydrogens is 420 g/mol. The second-order valence-corrected chi connectivity index (χ2v) is 8.20. The van der Waals surface area contributed by atoms with Gasteiger partial charge in [-0.3, -0.25) is 4.57 Å². The lowest BCUT2D eigenvalue weighted by atomic mass is 10.1. The summed E-state index contributed by atoms with van der Waals surface area (Å²) in [4.78, 5) is 14.7. The number of hydrogen-bond donors (Lipinski definition) is 0. The largest absolute Gasteiger partial charge is 0.464 e. The maximum absolute atomic E-state index is 5.69. The highest BCUT2D eigenvalue weighted by atomic mass is 16.3. The molecule has 0 N–H and O–H groups in total. The van der Waals surface area contributed by atoms with Crippen molar-refractivity contribution in [2.24, 2.45) is 0 Å². The SMILES string of the molecule is c1ccc(-c2nc(-c3ccccc3)nc(-n3c4ccccc4c4cc5occc5cc43)n2)cc1. The van der Waals surface area contributed by atoms with Gasteiger partial charge in [-0.25, -0.2) is 4.98 Å². The van der Waals surface area contributed by atoms with Crippen molar-refractivity contribution in [3.05, 3.63) is 109 Å². The summed E-state index contributed by atoms with van der Waals surface area (Å²) in [7, 11) is 0. The molecule has 5 nitrogen and oxygen atoms in total. The van der Waals surface area contributed by atoms with Crippen molar-refractivity contribution >= 4 is 32.8 Å². The molecular formula is C29H18N4O. The molecule has 0 bridgehead atoms. The highest BCUT2D eigenvalue weighted by Crippen LogP contribution is 2.35. The Hall–Kier alpha value is -4.77. The molecule has 0 saturated carbocycles. The van der Waals surface area contributed by atoms with Crippen LogP contribution in [0.1, 0.15) is 0 Å². The zero-order valence-corrected chi connectivity index (χ0v) is 18.1. The maximum atomic E-state index is 5.69. The average molecular weight is 438 g/mol. The summed E-state index contributed by atoms with van der Waals surface area (Å²) in [6.07, 6.45) is 1.72. The molecule has 0 radical (unpaired) electrons. The summed E-state index contributed by atoms with van der Waals surface area (Å²) in [6, 6.07) is 34.6. The van der Waals surface area contributed by atoms with Crippen LogP contribution in [0.5, 0.6) is 0 Å². The number of benzene rings is 4. The summed E-state index contributed by atoms with van der Waals surface area (Å²) >= 11 is 0. The van der Waals surface area contributed by atoms with E-state index in [1.165, 1.54) is 0 Å². The first-order valence-corrected chi connectivity index (χ1v) is 11.1. The summed E-state index contributed by atoms with van der Waals surface area (Å²) in [5, 5.41) is 3.26. The van der Waals surface area contributed by atoms with E-state index in [9.17, 15) is 0 Å². The van der Waals surface area contributed by atoms with Gasteiger partial charge in [0.05, 0.1) is 17.3 Å². The van der Waals surface area contributed by atoms with Gasteiger partial charge in [-0.05, 0) is 24.3 Å². The zero-order valence-electron chi connectivity index (χ0n) is 18.1. The van der Waals surface area contributed by atoms with E-state index in [2.05, 4.69) is 34.9 Å². The van der Waals surface area contributed by atoms with Gasteiger partial charge in [-0.1, -0.05) is 78.9 Å². The fraction of sp³-hybridized carbons (Fsp3) is 0. The number of fused-ring (bicyclic) bond motifs is 4. The minimum Gasteiger partial charge on any atom is -0.464 e. The number of aromatic nitrogens is 4. The van der Waals surface area contributed by atoms with Gasteiger partial charge >= 0.3 is 0 Å². The van der Waals surface area contributed by atoms with E-state index >= 15 is 0 Å². The van der Waals surface area contributed by atoms with Crippen LogP contribution in [0.4, 0.5) is 0 Å². The minimum absolute atomic E-state index is 0.585. The highest BCUT2D eigenvalue weighted by molar-refractivity contribution is 6.12. The van der Waals surface area contributed by atoms with Crippen LogP contribution in [0, 0.1) is 0 Å². The van der Waals surface area contributed by atoms with Crippen LogP contribution in [-0.4, -0.2) is 19.5 Å². The van der Waals surface area contributed by atoms with Crippen molar-refractivity contribution in [2.75, 3.05) is 0 Å². The lowest BCUT2D eigenvalue weighted by Gasteiger charge is -2.10. The number of nitrogens with zero attached hydrogens (tertiary/aromatic N) is 4. The Kier molecular flexibility index (Phi) is 4.08. The summed E-state index contributed by atoms with van der Waals surface area (Å²) in [6.45, 7) is 0. The summed E-state index contributed by atoms with van der Waals surface area (Å²) in [5.74, 6) is 1.86. The van der Waals surface area contributed by atoms with Crippen LogP contribution >= 0.6 is 0 Å². The number of furan rings is 1. The van der Waals surface area contributed by atoms with E-state index in [1.807, 2.05) is 72.8 Å². The summed E-state index contributed by atoms with van der Waals surface area (Å²) < 4.78 is 7.82. The molecule has 7 aromatic rings. The molecule has 4 aromatic carbocycles. The van der Waals surface area contributed by atoms with E-state index in [0.717, 1.165) is 43.9 Å². The predicted octanol–water partition coefficient (Wildman–Crippen LogP) is 7.05. The molecule has 0 aliphatic carbocycles. The third kappa shape index (κ3) is 2.91. The standard InChI is InChI=1S/C29H18N4O/c1-3-9-19(10-4-1)27-30-28(20-11-5-2-6-12-20)32-29(31-27)33-24-14-8-7-13-22(24)23-18-26-21(15-16-34-26)17-25(23)33/h1-18H. The van der Waals surface area contributed by atoms with Gasteiger partial charge in [0.25, 0.3) is 0 Å². The van der Waals surface area contributed by atoms with E-state index in [4.69, 9.17) is 19.4 Å². The van der Waals surface area contributed by atoms with Crippen molar-refractivity contribution in [3.8, 4) is 28.7 Å². The van der Waals surface area contributed by atoms with Crippen molar-refractivity contribution in [1.29, 1.82) is 0 Å². The van der Waals surface area contributed by atoms with Gasteiger partial charge in [-0.15, -0.1) is 0 Å². The first kappa shape index (κ1) is 18.8. The number of para-hydroxylation sites is 1. The number of hydrogen-bond acceptors (Lipinski definition) is 4. The van der Waals surface area contributed by atoms with Crippen LogP contribution in [-0.2, 0) is 0 Å². The smallest absolute Gasteiger partial charge is 0.238 e. The molecule has 0 unspecified atom stereocenters. The van der Waals surface area contributed by atoms with E-state index < -0.39 is 0 Å². The predicted molar refractivity (Wildman–Crippen MR) is 135 cm³/mol. The maximum Gasteiger partial charge on any atom is 0.238 e. The topological polar surface area (TPSA) is 56.7 Å². The molecule has 0 saturated heterocycles. The fourth-order valence-electron chi connectivity index (χ4n) is 4.54. The van der Waals surface area contributed by atoms with Crippen molar-refractivity contribution < 1.29 is 4.42 Å². The third-order valence-electron chi connectivity index (χ3n) is 6.13. The Labute approximate surface area is 195 Å². The molecule has 3 heterocycles. The lowest BCUT2D eigenvalue weighted by molar-refractivity contribution is 0.616. The van der Waals surface area contributed by atoms with Crippen LogP contribution in [0.2, 0.25) is 0 Å². The molecule has 0 spiro atoms. The molecule has 0 aliphatic heterocycles. The molecule has 7 rings (SSSR count). The Bertz CT molecular complexity index is 1740. The van der Waals surface area contributed by atoms with E-state index in [1.54, 1.807) is 6.26 Å². The lowest BCUT2D eigenvalue weighted by Crippen LogP contribution is -2.06. The van der Waals surface area contributed by atoms with Gasteiger partial charge in [0.1, 0.15) is 5.58 Å². The van der Waals surface area contributed by atoms with Crippen LogP contribution in [0.25, 0.3) is 61.5 Å². The fourth-order valence-corrected chi connectivity index (χ4v) is 4.54. The first-order valence-electron chi connectivity index (χ1n) is 11.1. The van der Waals surface area contributed by atoms with E-state index in [-0.39, 0.29) is 0 Å². The summed E-state index contributed by atoms with van der Waals surface area (Å²) in [5.41, 5.74) is 4.82. The van der Waals surface area contributed by atoms with Crippen molar-refractivity contribution in [3.63, 3.8) is 0 Å². The molecule has 34 heavy (non-hydrogen) atoms. The Morgan fingerprint density at radius 1 is 0.559 bits per heavy atom. The second kappa shape index (κ2) is 7.39. The Morgan fingerprint density at radius 3 is 1.91 bits per heavy atom. The van der Waals surface area contributed by atoms with Crippen LogP contribution in [0.15, 0.2) is 114 Å². The third-order valence-corrected chi connectivity index (χ3v) is 6.13. The highest BCUT2D eigenvalue weighted by Gasteiger charge is 2.18. The monoisotopic (exact) mass is 438 g/mol.